The second-order valence-corrected chi connectivity index (χ2v) is 7.61. The molecule has 1 atom stereocenters. The van der Waals surface area contributed by atoms with Gasteiger partial charge < -0.3 is 21.3 Å². The molecule has 172 valence electrons. The lowest BCUT2D eigenvalue weighted by Crippen LogP contribution is -2.40. The zero-order valence-electron chi connectivity index (χ0n) is 18.6. The predicted octanol–water partition coefficient (Wildman–Crippen LogP) is 4.22. The Kier molecular flexibility index (Phi) is 10.5. The molecule has 0 radical (unpaired) electrons. The highest BCUT2D eigenvalue weighted by Gasteiger charge is 2.24. The van der Waals surface area contributed by atoms with E-state index in [1.165, 1.54) is 0 Å². The van der Waals surface area contributed by atoms with E-state index in [2.05, 4.69) is 32.3 Å². The molecule has 7 nitrogen and oxygen atoms in total. The molecule has 0 saturated heterocycles. The first-order valence-electron chi connectivity index (χ1n) is 10.9. The number of nitrogens with zero attached hydrogens (tertiary/aromatic N) is 1. The fourth-order valence-electron chi connectivity index (χ4n) is 3.61. The molecule has 4 N–H and O–H groups in total. The smallest absolute Gasteiger partial charge is 0.225 e. The quantitative estimate of drug-likeness (QED) is 0.225. The van der Waals surface area contributed by atoms with Crippen molar-refractivity contribution in [1.82, 2.24) is 10.6 Å². The third-order valence-electron chi connectivity index (χ3n) is 5.07. The van der Waals surface area contributed by atoms with Crippen molar-refractivity contribution in [3.8, 4) is 0 Å². The van der Waals surface area contributed by atoms with Gasteiger partial charge in [0.25, 0.3) is 0 Å². The number of guanidine groups is 1. The molecule has 2 aromatic rings. The summed E-state index contributed by atoms with van der Waals surface area (Å²) >= 11 is 0. The number of amides is 2. The van der Waals surface area contributed by atoms with Gasteiger partial charge in [-0.1, -0.05) is 37.3 Å². The van der Waals surface area contributed by atoms with Crippen LogP contribution in [0.2, 0.25) is 0 Å². The topological polar surface area (TPSA) is 94.6 Å². The van der Waals surface area contributed by atoms with Gasteiger partial charge >= 0.3 is 0 Å². The number of benzene rings is 2. The number of aliphatic imine (C=N–C) groups is 1. The molecule has 8 heteroatoms. The van der Waals surface area contributed by atoms with Gasteiger partial charge in [-0.2, -0.15) is 0 Å². The van der Waals surface area contributed by atoms with Crippen molar-refractivity contribution >= 4 is 53.1 Å². The predicted molar refractivity (Wildman–Crippen MR) is 141 cm³/mol. The van der Waals surface area contributed by atoms with Crippen LogP contribution in [-0.4, -0.2) is 30.9 Å². The minimum Gasteiger partial charge on any atom is -0.357 e. The normalized spacial score (nSPS) is 15.1. The molecule has 0 aliphatic carbocycles. The van der Waals surface area contributed by atoms with Crippen LogP contribution in [-0.2, 0) is 16.1 Å². The molecular formula is C24H32IN5O2. The number of fused-ring (bicyclic) bond motifs is 1. The highest BCUT2D eigenvalue weighted by Crippen LogP contribution is 2.31. The van der Waals surface area contributed by atoms with E-state index in [1.54, 1.807) is 0 Å². The number of carbonyl (C=O) groups is 2. The molecule has 1 aliphatic rings. The molecule has 1 unspecified atom stereocenters. The molecule has 32 heavy (non-hydrogen) atoms. The molecule has 3 rings (SSSR count). The molecule has 0 spiro atoms. The van der Waals surface area contributed by atoms with Crippen LogP contribution in [0, 0.1) is 0 Å². The molecule has 2 aromatic carbocycles. The van der Waals surface area contributed by atoms with Gasteiger partial charge in [-0.3, -0.25) is 9.59 Å². The lowest BCUT2D eigenvalue weighted by atomic mass is 9.90. The number of carbonyl (C=O) groups excluding carboxylic acids is 2. The summed E-state index contributed by atoms with van der Waals surface area (Å²) in [6.45, 7) is 5.83. The van der Waals surface area contributed by atoms with Gasteiger partial charge in [-0.15, -0.1) is 24.0 Å². The first-order valence-corrected chi connectivity index (χ1v) is 10.9. The van der Waals surface area contributed by atoms with Crippen molar-refractivity contribution in [2.24, 2.45) is 4.99 Å². The van der Waals surface area contributed by atoms with E-state index in [1.807, 2.05) is 56.3 Å². The van der Waals surface area contributed by atoms with Crippen molar-refractivity contribution in [3.05, 3.63) is 59.7 Å². The summed E-state index contributed by atoms with van der Waals surface area (Å²) in [6, 6.07) is 15.7. The van der Waals surface area contributed by atoms with E-state index in [0.29, 0.717) is 31.9 Å². The summed E-state index contributed by atoms with van der Waals surface area (Å²) in [4.78, 5) is 28.6. The summed E-state index contributed by atoms with van der Waals surface area (Å²) < 4.78 is 0. The van der Waals surface area contributed by atoms with Gasteiger partial charge in [0.15, 0.2) is 5.96 Å². The number of halogens is 1. The molecule has 1 aliphatic heterocycles. The molecule has 2 amide bonds. The fraction of sp³-hybridized carbons (Fsp3) is 0.375. The highest BCUT2D eigenvalue weighted by molar-refractivity contribution is 14.0. The van der Waals surface area contributed by atoms with Crippen LogP contribution in [0.15, 0.2) is 53.5 Å². The van der Waals surface area contributed by atoms with Crippen LogP contribution in [0.4, 0.5) is 11.4 Å². The van der Waals surface area contributed by atoms with Gasteiger partial charge in [0.05, 0.1) is 6.54 Å². The van der Waals surface area contributed by atoms with Crippen molar-refractivity contribution < 1.29 is 9.59 Å². The number of para-hydroxylation sites is 1. The van der Waals surface area contributed by atoms with E-state index < -0.39 is 0 Å². The van der Waals surface area contributed by atoms with Crippen molar-refractivity contribution in [1.29, 1.82) is 0 Å². The maximum Gasteiger partial charge on any atom is 0.225 e. The van der Waals surface area contributed by atoms with E-state index >= 15 is 0 Å². The summed E-state index contributed by atoms with van der Waals surface area (Å²) in [7, 11) is 0. The Bertz CT molecular complexity index is 947. The minimum absolute atomic E-state index is 0. The average molecular weight is 549 g/mol. The molecule has 0 bridgehead atoms. The zero-order chi connectivity index (χ0) is 22.1. The minimum atomic E-state index is 0. The molecule has 0 saturated carbocycles. The van der Waals surface area contributed by atoms with Crippen molar-refractivity contribution in [3.63, 3.8) is 0 Å². The number of hydrogen-bond acceptors (Lipinski definition) is 3. The summed E-state index contributed by atoms with van der Waals surface area (Å²) in [5, 5.41) is 12.5. The third kappa shape index (κ3) is 7.51. The van der Waals surface area contributed by atoms with Gasteiger partial charge in [-0.05, 0) is 42.7 Å². The Morgan fingerprint density at radius 1 is 1.12 bits per heavy atom. The Hall–Kier alpha value is -2.62. The molecule has 1 heterocycles. The number of anilines is 2. The van der Waals surface area contributed by atoms with Crippen LogP contribution in [0.3, 0.4) is 0 Å². The second kappa shape index (κ2) is 13.0. The maximum absolute atomic E-state index is 12.1. The van der Waals surface area contributed by atoms with Crippen LogP contribution < -0.4 is 21.3 Å². The number of hydrogen-bond donors (Lipinski definition) is 4. The molecular weight excluding hydrogens is 517 g/mol. The van der Waals surface area contributed by atoms with Gasteiger partial charge in [0, 0.05) is 43.2 Å². The Balaban J connectivity index is 0.00000363. The lowest BCUT2D eigenvalue weighted by Gasteiger charge is -2.26. The fourth-order valence-corrected chi connectivity index (χ4v) is 3.61. The number of rotatable bonds is 8. The van der Waals surface area contributed by atoms with Crippen LogP contribution in [0.1, 0.15) is 50.2 Å². The SMILES string of the molecule is CCCC(=O)Nc1cccc(CN=C(NCC)NCC2CC(=O)Nc3ccccc32)c1.I. The summed E-state index contributed by atoms with van der Waals surface area (Å²) in [5.74, 6) is 0.849. The maximum atomic E-state index is 12.1. The first-order chi connectivity index (χ1) is 15.1. The van der Waals surface area contributed by atoms with Gasteiger partial charge in [0.1, 0.15) is 0 Å². The lowest BCUT2D eigenvalue weighted by molar-refractivity contribution is -0.117. The van der Waals surface area contributed by atoms with Crippen LogP contribution in [0.25, 0.3) is 0 Å². The third-order valence-corrected chi connectivity index (χ3v) is 5.07. The van der Waals surface area contributed by atoms with Crippen molar-refractivity contribution in [2.75, 3.05) is 23.7 Å². The Morgan fingerprint density at radius 2 is 1.94 bits per heavy atom. The monoisotopic (exact) mass is 549 g/mol. The second-order valence-electron chi connectivity index (χ2n) is 7.61. The zero-order valence-corrected chi connectivity index (χ0v) is 20.9. The molecule has 0 aromatic heterocycles. The van der Waals surface area contributed by atoms with Crippen LogP contribution >= 0.6 is 24.0 Å². The van der Waals surface area contributed by atoms with E-state index in [0.717, 1.165) is 35.5 Å². The summed E-state index contributed by atoms with van der Waals surface area (Å²) in [6.07, 6.45) is 1.78. The number of nitrogens with one attached hydrogen (secondary N) is 4. The Labute approximate surface area is 206 Å². The van der Waals surface area contributed by atoms with E-state index in [-0.39, 0.29) is 41.7 Å². The Morgan fingerprint density at radius 3 is 2.72 bits per heavy atom. The first kappa shape index (κ1) is 25.6. The van der Waals surface area contributed by atoms with Crippen molar-refractivity contribution in [2.45, 2.75) is 45.6 Å². The summed E-state index contributed by atoms with van der Waals surface area (Å²) in [5.41, 5.74) is 3.82. The average Bonchev–Trinajstić information content (AvgIpc) is 2.75. The highest BCUT2D eigenvalue weighted by atomic mass is 127. The van der Waals surface area contributed by atoms with Gasteiger partial charge in [0.2, 0.25) is 11.8 Å². The van der Waals surface area contributed by atoms with E-state index in [4.69, 9.17) is 0 Å². The molecule has 0 fully saturated rings. The van der Waals surface area contributed by atoms with E-state index in [9.17, 15) is 9.59 Å². The van der Waals surface area contributed by atoms with Crippen LogP contribution in [0.5, 0.6) is 0 Å². The standard InChI is InChI=1S/C24H31N5O2.HI/c1-3-8-22(30)28-19-10-7-9-17(13-19)15-26-24(25-4-2)27-16-18-14-23(31)29-21-12-6-5-11-20(18)21;/h5-7,9-13,18H,3-4,8,14-16H2,1-2H3,(H,28,30)(H,29,31)(H2,25,26,27);1H. The van der Waals surface area contributed by atoms with Gasteiger partial charge in [-0.25, -0.2) is 4.99 Å². The largest absolute Gasteiger partial charge is 0.357 e.